The summed E-state index contributed by atoms with van der Waals surface area (Å²) < 4.78 is 5.06. The van der Waals surface area contributed by atoms with Crippen molar-refractivity contribution in [1.82, 2.24) is 4.90 Å². The first kappa shape index (κ1) is 21.8. The fourth-order valence-electron chi connectivity index (χ4n) is 4.87. The van der Waals surface area contributed by atoms with Gasteiger partial charge in [0.1, 0.15) is 6.04 Å². The van der Waals surface area contributed by atoms with Crippen molar-refractivity contribution in [1.29, 1.82) is 0 Å². The summed E-state index contributed by atoms with van der Waals surface area (Å²) in [4.78, 5) is 51.7. The van der Waals surface area contributed by atoms with E-state index in [4.69, 9.17) is 16.3 Å². The predicted molar refractivity (Wildman–Crippen MR) is 116 cm³/mol. The lowest BCUT2D eigenvalue weighted by Gasteiger charge is -2.28. The van der Waals surface area contributed by atoms with Crippen molar-refractivity contribution in [3.05, 3.63) is 29.3 Å². The molecular formula is C20H19Br2ClN2O5. The minimum atomic E-state index is -1.09. The number of imide groups is 1. The molecule has 10 heteroatoms. The number of benzene rings is 1. The Labute approximate surface area is 195 Å². The van der Waals surface area contributed by atoms with E-state index in [1.165, 1.54) is 6.92 Å². The van der Waals surface area contributed by atoms with E-state index >= 15 is 0 Å². The van der Waals surface area contributed by atoms with E-state index in [1.807, 2.05) is 0 Å². The number of anilines is 1. The number of esters is 1. The molecule has 30 heavy (non-hydrogen) atoms. The van der Waals surface area contributed by atoms with Gasteiger partial charge in [-0.15, -0.1) is 0 Å². The van der Waals surface area contributed by atoms with Gasteiger partial charge in [-0.1, -0.05) is 55.6 Å². The molecule has 0 spiro atoms. The average molecular weight is 563 g/mol. The number of carbonyl (C=O) groups is 4. The summed E-state index contributed by atoms with van der Waals surface area (Å²) in [7, 11) is 0. The largest absolute Gasteiger partial charge is 0.454 e. The van der Waals surface area contributed by atoms with E-state index in [1.54, 1.807) is 24.3 Å². The predicted octanol–water partition coefficient (Wildman–Crippen LogP) is 2.99. The van der Waals surface area contributed by atoms with Crippen LogP contribution in [0.5, 0.6) is 0 Å². The Morgan fingerprint density at radius 3 is 2.30 bits per heavy atom. The number of amides is 3. The fourth-order valence-corrected chi connectivity index (χ4v) is 6.92. The third kappa shape index (κ3) is 3.48. The number of fused-ring (bicyclic) bond motifs is 5. The summed E-state index contributed by atoms with van der Waals surface area (Å²) in [5.74, 6) is -2.70. The number of hydrogen-bond acceptors (Lipinski definition) is 5. The molecule has 3 fully saturated rings. The van der Waals surface area contributed by atoms with Crippen LogP contribution in [0, 0.1) is 23.7 Å². The zero-order chi connectivity index (χ0) is 21.7. The maximum Gasteiger partial charge on any atom is 0.329 e. The second-order valence-corrected chi connectivity index (χ2v) is 10.4. The zero-order valence-corrected chi connectivity index (χ0v) is 19.8. The molecule has 2 saturated carbocycles. The number of rotatable bonds is 5. The van der Waals surface area contributed by atoms with Gasteiger partial charge >= 0.3 is 5.97 Å². The number of nitrogens with one attached hydrogen (secondary N) is 1. The van der Waals surface area contributed by atoms with E-state index in [0.717, 1.165) is 11.3 Å². The van der Waals surface area contributed by atoms with Crippen LogP contribution in [-0.2, 0) is 23.9 Å². The third-order valence-electron chi connectivity index (χ3n) is 6.24. The molecule has 1 aliphatic heterocycles. The smallest absolute Gasteiger partial charge is 0.329 e. The van der Waals surface area contributed by atoms with Crippen LogP contribution in [0.2, 0.25) is 5.02 Å². The van der Waals surface area contributed by atoms with Crippen molar-refractivity contribution in [3.63, 3.8) is 0 Å². The monoisotopic (exact) mass is 560 g/mol. The highest BCUT2D eigenvalue weighted by molar-refractivity contribution is 9.12. The quantitative estimate of drug-likeness (QED) is 0.339. The number of hydrogen-bond donors (Lipinski definition) is 1. The highest BCUT2D eigenvalue weighted by atomic mass is 79.9. The van der Waals surface area contributed by atoms with Crippen LogP contribution in [0.1, 0.15) is 13.3 Å². The standard InChI is InChI=1S/C20H19Br2ClN2O5/c1-8(20(29)30-7-13(26)24-12-5-3-2-4-11(12)23)25-18(27)14-9-6-10(15(14)19(25)28)17(22)16(9)21/h2-5,8-10,14-17H,6-7H2,1H3,(H,24,26)/t8-,9-,10-,14-,15+,16+,17+/m1/s1. The zero-order valence-electron chi connectivity index (χ0n) is 15.9. The van der Waals surface area contributed by atoms with E-state index in [9.17, 15) is 19.2 Å². The Hall–Kier alpha value is -1.45. The molecule has 7 nitrogen and oxygen atoms in total. The van der Waals surface area contributed by atoms with Gasteiger partial charge in [-0.3, -0.25) is 19.3 Å². The van der Waals surface area contributed by atoms with E-state index in [-0.39, 0.29) is 33.3 Å². The van der Waals surface area contributed by atoms with Crippen molar-refractivity contribution in [2.45, 2.75) is 29.0 Å². The van der Waals surface area contributed by atoms with Crippen LogP contribution in [0.25, 0.3) is 0 Å². The first-order valence-electron chi connectivity index (χ1n) is 9.58. The van der Waals surface area contributed by atoms with Gasteiger partial charge in [0.25, 0.3) is 5.91 Å². The van der Waals surface area contributed by atoms with Crippen LogP contribution >= 0.6 is 43.5 Å². The second kappa shape index (κ2) is 8.24. The molecule has 1 aromatic rings. The number of halogens is 3. The van der Waals surface area contributed by atoms with Crippen molar-refractivity contribution >= 4 is 72.8 Å². The molecule has 1 aromatic carbocycles. The molecule has 0 aromatic heterocycles. The van der Waals surface area contributed by atoms with Gasteiger partial charge < -0.3 is 10.1 Å². The lowest BCUT2D eigenvalue weighted by Crippen LogP contribution is -2.45. The highest BCUT2D eigenvalue weighted by Crippen LogP contribution is 2.60. The minimum absolute atomic E-state index is 0.0652. The van der Waals surface area contributed by atoms with E-state index < -0.39 is 36.4 Å². The van der Waals surface area contributed by atoms with Gasteiger partial charge in [0.15, 0.2) is 6.61 Å². The Bertz CT molecular complexity index is 896. The van der Waals surface area contributed by atoms with Gasteiger partial charge in [-0.25, -0.2) is 4.79 Å². The van der Waals surface area contributed by atoms with Gasteiger partial charge in [0.2, 0.25) is 11.8 Å². The molecule has 1 N–H and O–H groups in total. The van der Waals surface area contributed by atoms with Crippen LogP contribution in [-0.4, -0.2) is 50.9 Å². The molecule has 3 aliphatic rings. The Balaban J connectivity index is 1.38. The summed E-state index contributed by atoms with van der Waals surface area (Å²) >= 11 is 13.2. The second-order valence-electron chi connectivity index (χ2n) is 7.86. The fraction of sp³-hybridized carbons (Fsp3) is 0.500. The van der Waals surface area contributed by atoms with Crippen LogP contribution in [0.4, 0.5) is 5.69 Å². The number of ether oxygens (including phenoxy) is 1. The first-order valence-corrected chi connectivity index (χ1v) is 11.8. The molecule has 0 unspecified atom stereocenters. The number of para-hydroxylation sites is 1. The molecular weight excluding hydrogens is 543 g/mol. The van der Waals surface area contributed by atoms with Gasteiger partial charge in [0.05, 0.1) is 22.5 Å². The topological polar surface area (TPSA) is 92.8 Å². The lowest BCUT2D eigenvalue weighted by molar-refractivity contribution is -0.159. The molecule has 3 amide bonds. The molecule has 2 aliphatic carbocycles. The van der Waals surface area contributed by atoms with Crippen LogP contribution < -0.4 is 5.32 Å². The molecule has 7 atom stereocenters. The van der Waals surface area contributed by atoms with Crippen molar-refractivity contribution in [2.24, 2.45) is 23.7 Å². The Morgan fingerprint density at radius 2 is 1.73 bits per heavy atom. The molecule has 0 radical (unpaired) electrons. The van der Waals surface area contributed by atoms with Gasteiger partial charge in [0, 0.05) is 9.65 Å². The SMILES string of the molecule is C[C@H](C(=O)OCC(=O)Nc1ccccc1Cl)N1C(=O)[C@@H]2[C@H]3C[C@@H]([C@H](Br)[C@H]3Br)[C@@H]2C1=O. The molecule has 4 rings (SSSR count). The summed E-state index contributed by atoms with van der Waals surface area (Å²) in [6.45, 7) is 0.903. The van der Waals surface area contributed by atoms with Gasteiger partial charge in [-0.2, -0.15) is 0 Å². The number of nitrogens with zero attached hydrogens (tertiary/aromatic N) is 1. The highest BCUT2D eigenvalue weighted by Gasteiger charge is 2.67. The summed E-state index contributed by atoms with van der Waals surface area (Å²) in [6.07, 6.45) is 0.813. The average Bonchev–Trinajstić information content (AvgIpc) is 3.32. The number of likely N-dealkylation sites (tertiary alicyclic amines) is 1. The van der Waals surface area contributed by atoms with E-state index in [0.29, 0.717) is 10.7 Å². The first-order chi connectivity index (χ1) is 14.2. The number of alkyl halides is 2. The van der Waals surface area contributed by atoms with Crippen molar-refractivity contribution in [2.75, 3.05) is 11.9 Å². The van der Waals surface area contributed by atoms with Crippen LogP contribution in [0.3, 0.4) is 0 Å². The summed E-state index contributed by atoms with van der Waals surface area (Å²) in [5, 5.41) is 2.90. The third-order valence-corrected chi connectivity index (χ3v) is 9.78. The molecule has 160 valence electrons. The summed E-state index contributed by atoms with van der Waals surface area (Å²) in [6, 6.07) is 5.58. The Morgan fingerprint density at radius 1 is 1.17 bits per heavy atom. The number of carbonyl (C=O) groups excluding carboxylic acids is 4. The Kier molecular flexibility index (Phi) is 5.98. The lowest BCUT2D eigenvalue weighted by atomic mass is 9.81. The van der Waals surface area contributed by atoms with Crippen molar-refractivity contribution < 1.29 is 23.9 Å². The molecule has 1 heterocycles. The maximum absolute atomic E-state index is 13.0. The molecule has 1 saturated heterocycles. The normalized spacial score (nSPS) is 32.9. The van der Waals surface area contributed by atoms with Crippen LogP contribution in [0.15, 0.2) is 24.3 Å². The van der Waals surface area contributed by atoms with Crippen molar-refractivity contribution in [3.8, 4) is 0 Å². The minimum Gasteiger partial charge on any atom is -0.454 e. The van der Waals surface area contributed by atoms with Gasteiger partial charge in [-0.05, 0) is 37.3 Å². The maximum atomic E-state index is 13.0. The van der Waals surface area contributed by atoms with E-state index in [2.05, 4.69) is 37.2 Å². The molecule has 2 bridgehead atoms. The summed E-state index contributed by atoms with van der Waals surface area (Å²) in [5.41, 5.74) is 0.398.